The highest BCUT2D eigenvalue weighted by Crippen LogP contribution is 2.17. The van der Waals surface area contributed by atoms with Crippen LogP contribution < -0.4 is 10.7 Å². The summed E-state index contributed by atoms with van der Waals surface area (Å²) in [7, 11) is 0. The maximum atomic E-state index is 12.0. The highest BCUT2D eigenvalue weighted by Gasteiger charge is 2.15. The molecule has 2 rings (SSSR count). The summed E-state index contributed by atoms with van der Waals surface area (Å²) < 4.78 is 0. The number of rotatable bonds is 5. The number of hydrogen-bond donors (Lipinski definition) is 2. The first-order chi connectivity index (χ1) is 11.2. The fourth-order valence-corrected chi connectivity index (χ4v) is 2.60. The van der Waals surface area contributed by atoms with Crippen molar-refractivity contribution in [3.63, 3.8) is 0 Å². The second-order valence-corrected chi connectivity index (χ2v) is 5.57. The van der Waals surface area contributed by atoms with E-state index in [1.54, 1.807) is 24.3 Å². The average molecular weight is 309 g/mol. The van der Waals surface area contributed by atoms with Crippen LogP contribution >= 0.6 is 0 Å². The van der Waals surface area contributed by atoms with Crippen LogP contribution in [0.1, 0.15) is 37.7 Å². The molecule has 0 bridgehead atoms. The summed E-state index contributed by atoms with van der Waals surface area (Å²) in [5.74, 6) is 0.0480. The molecule has 1 aromatic carbocycles. The Kier molecular flexibility index (Phi) is 6.14. The third-order valence-electron chi connectivity index (χ3n) is 3.80. The molecule has 0 radical (unpaired) electrons. The minimum Gasteiger partial charge on any atom is -0.353 e. The molecule has 1 aromatic rings. The van der Waals surface area contributed by atoms with E-state index in [2.05, 4.69) is 15.8 Å². The van der Waals surface area contributed by atoms with Crippen LogP contribution in [0, 0.1) is 22.7 Å². The van der Waals surface area contributed by atoms with Crippen molar-refractivity contribution < 1.29 is 4.79 Å². The maximum absolute atomic E-state index is 12.0. The summed E-state index contributed by atoms with van der Waals surface area (Å²) in [6, 6.07) is 10.9. The standard InChI is InChI=1S/C17H19N5O/c18-11-16(12-19)22-21-15-8-6-13(7-9-15)10-17(23)20-14-4-2-1-3-5-14/h6-9,14,21H,1-5,10H2,(H,20,23). The van der Waals surface area contributed by atoms with Gasteiger partial charge in [0.25, 0.3) is 0 Å². The van der Waals surface area contributed by atoms with E-state index in [1.807, 2.05) is 12.1 Å². The molecule has 1 aliphatic rings. The Morgan fingerprint density at radius 3 is 2.39 bits per heavy atom. The zero-order valence-electron chi connectivity index (χ0n) is 12.9. The predicted octanol–water partition coefficient (Wildman–Crippen LogP) is 2.49. The lowest BCUT2D eigenvalue weighted by atomic mass is 9.95. The van der Waals surface area contributed by atoms with Crippen LogP contribution in [0.5, 0.6) is 0 Å². The minimum absolute atomic E-state index is 0.0480. The monoisotopic (exact) mass is 309 g/mol. The van der Waals surface area contributed by atoms with E-state index < -0.39 is 0 Å². The number of hydrogen-bond acceptors (Lipinski definition) is 5. The highest BCUT2D eigenvalue weighted by atomic mass is 16.1. The van der Waals surface area contributed by atoms with E-state index in [1.165, 1.54) is 19.3 Å². The van der Waals surface area contributed by atoms with Crippen molar-refractivity contribution in [3.8, 4) is 12.1 Å². The normalized spacial score (nSPS) is 14.2. The van der Waals surface area contributed by atoms with Gasteiger partial charge in [0.2, 0.25) is 11.6 Å². The van der Waals surface area contributed by atoms with Gasteiger partial charge in [-0.05, 0) is 30.5 Å². The van der Waals surface area contributed by atoms with E-state index in [0.29, 0.717) is 18.2 Å². The maximum Gasteiger partial charge on any atom is 0.237 e. The summed E-state index contributed by atoms with van der Waals surface area (Å²) in [6.07, 6.45) is 6.15. The van der Waals surface area contributed by atoms with Gasteiger partial charge >= 0.3 is 0 Å². The fourth-order valence-electron chi connectivity index (χ4n) is 2.60. The van der Waals surface area contributed by atoms with Gasteiger partial charge in [-0.2, -0.15) is 15.6 Å². The Labute approximate surface area is 135 Å². The summed E-state index contributed by atoms with van der Waals surface area (Å²) in [6.45, 7) is 0. The number of nitrogens with zero attached hydrogens (tertiary/aromatic N) is 3. The summed E-state index contributed by atoms with van der Waals surface area (Å²) in [5.41, 5.74) is 3.97. The van der Waals surface area contributed by atoms with Gasteiger partial charge in [-0.1, -0.05) is 31.4 Å². The average Bonchev–Trinajstić information content (AvgIpc) is 2.58. The Morgan fingerprint density at radius 1 is 1.13 bits per heavy atom. The molecule has 118 valence electrons. The first kappa shape index (κ1) is 16.5. The van der Waals surface area contributed by atoms with Crippen molar-refractivity contribution in [2.45, 2.75) is 44.6 Å². The molecule has 1 amide bonds. The zero-order valence-corrected chi connectivity index (χ0v) is 12.9. The SMILES string of the molecule is N#CC(C#N)=NNc1ccc(CC(=O)NC2CCCCC2)cc1. The van der Waals surface area contributed by atoms with Crippen molar-refractivity contribution >= 4 is 17.3 Å². The molecule has 0 atom stereocenters. The molecular formula is C17H19N5O. The molecule has 0 saturated heterocycles. The molecule has 6 nitrogen and oxygen atoms in total. The largest absolute Gasteiger partial charge is 0.353 e. The smallest absolute Gasteiger partial charge is 0.237 e. The molecule has 1 aliphatic carbocycles. The van der Waals surface area contributed by atoms with Crippen molar-refractivity contribution in [1.82, 2.24) is 5.32 Å². The molecule has 0 heterocycles. The molecule has 0 unspecified atom stereocenters. The first-order valence-corrected chi connectivity index (χ1v) is 7.73. The van der Waals surface area contributed by atoms with Gasteiger partial charge in [-0.3, -0.25) is 10.2 Å². The van der Waals surface area contributed by atoms with Crippen molar-refractivity contribution in [2.75, 3.05) is 5.43 Å². The first-order valence-electron chi connectivity index (χ1n) is 7.73. The molecular weight excluding hydrogens is 290 g/mol. The summed E-state index contributed by atoms with van der Waals surface area (Å²) >= 11 is 0. The van der Waals surface area contributed by atoms with Crippen LogP contribution in [0.2, 0.25) is 0 Å². The van der Waals surface area contributed by atoms with Crippen LogP contribution in [0.4, 0.5) is 5.69 Å². The van der Waals surface area contributed by atoms with Gasteiger partial charge < -0.3 is 5.32 Å². The van der Waals surface area contributed by atoms with Crippen LogP contribution in [-0.2, 0) is 11.2 Å². The number of benzene rings is 1. The lowest BCUT2D eigenvalue weighted by Gasteiger charge is -2.22. The second-order valence-electron chi connectivity index (χ2n) is 5.57. The third kappa shape index (κ3) is 5.44. The van der Waals surface area contributed by atoms with Crippen molar-refractivity contribution in [3.05, 3.63) is 29.8 Å². The lowest BCUT2D eigenvalue weighted by Crippen LogP contribution is -2.37. The number of carbonyl (C=O) groups excluding carboxylic acids is 1. The number of hydrazone groups is 1. The quantitative estimate of drug-likeness (QED) is 0.644. The molecule has 1 saturated carbocycles. The Bertz CT molecular complexity index is 629. The molecule has 1 fully saturated rings. The Hall–Kier alpha value is -2.86. The topological polar surface area (TPSA) is 101 Å². The fraction of sp³-hybridized carbons (Fsp3) is 0.412. The lowest BCUT2D eigenvalue weighted by molar-refractivity contribution is -0.121. The number of amides is 1. The number of nitrogens with one attached hydrogen (secondary N) is 2. The number of anilines is 1. The van der Waals surface area contributed by atoms with Gasteiger partial charge in [0.15, 0.2) is 0 Å². The van der Waals surface area contributed by atoms with Crippen molar-refractivity contribution in [1.29, 1.82) is 10.5 Å². The zero-order chi connectivity index (χ0) is 16.5. The summed E-state index contributed by atoms with van der Waals surface area (Å²) in [4.78, 5) is 12.0. The molecule has 6 heteroatoms. The van der Waals surface area contributed by atoms with E-state index in [4.69, 9.17) is 10.5 Å². The van der Waals surface area contributed by atoms with Crippen LogP contribution in [-0.4, -0.2) is 17.7 Å². The molecule has 23 heavy (non-hydrogen) atoms. The molecule has 0 aliphatic heterocycles. The van der Waals surface area contributed by atoms with E-state index in [-0.39, 0.29) is 11.6 Å². The molecule has 0 spiro atoms. The van der Waals surface area contributed by atoms with Gasteiger partial charge in [0, 0.05) is 6.04 Å². The summed E-state index contributed by atoms with van der Waals surface area (Å²) in [5, 5.41) is 23.9. The van der Waals surface area contributed by atoms with Crippen LogP contribution in [0.25, 0.3) is 0 Å². The van der Waals surface area contributed by atoms with E-state index >= 15 is 0 Å². The minimum atomic E-state index is -0.235. The Morgan fingerprint density at radius 2 is 1.78 bits per heavy atom. The van der Waals surface area contributed by atoms with Crippen LogP contribution in [0.15, 0.2) is 29.4 Å². The number of nitriles is 2. The molecule has 0 aromatic heterocycles. The van der Waals surface area contributed by atoms with Gasteiger partial charge in [0.05, 0.1) is 12.1 Å². The number of carbonyl (C=O) groups is 1. The second kappa shape index (κ2) is 8.55. The Balaban J connectivity index is 1.85. The highest BCUT2D eigenvalue weighted by molar-refractivity contribution is 6.10. The van der Waals surface area contributed by atoms with Crippen molar-refractivity contribution in [2.24, 2.45) is 5.10 Å². The third-order valence-corrected chi connectivity index (χ3v) is 3.80. The van der Waals surface area contributed by atoms with Gasteiger partial charge in [-0.15, -0.1) is 0 Å². The van der Waals surface area contributed by atoms with E-state index in [9.17, 15) is 4.79 Å². The predicted molar refractivity (Wildman–Crippen MR) is 87.4 cm³/mol. The van der Waals surface area contributed by atoms with Gasteiger partial charge in [0.1, 0.15) is 12.1 Å². The van der Waals surface area contributed by atoms with E-state index in [0.717, 1.165) is 18.4 Å². The van der Waals surface area contributed by atoms with Crippen LogP contribution in [0.3, 0.4) is 0 Å². The van der Waals surface area contributed by atoms with Gasteiger partial charge in [-0.25, -0.2) is 0 Å². The molecule has 2 N–H and O–H groups in total.